The lowest BCUT2D eigenvalue weighted by atomic mass is 9.81. The molecule has 0 radical (unpaired) electrons. The Morgan fingerprint density at radius 2 is 1.76 bits per heavy atom. The number of ether oxygens (including phenoxy) is 1. The number of imide groups is 1. The van der Waals surface area contributed by atoms with E-state index < -0.39 is 23.7 Å². The van der Waals surface area contributed by atoms with Crippen LogP contribution >= 0.6 is 0 Å². The number of nitrogens with zero attached hydrogens (tertiary/aromatic N) is 1. The molecule has 8 heteroatoms. The molecule has 2 bridgehead atoms. The van der Waals surface area contributed by atoms with Crippen molar-refractivity contribution in [2.75, 3.05) is 13.1 Å². The molecular formula is C13H16N2O6. The highest BCUT2D eigenvalue weighted by molar-refractivity contribution is 6.08. The van der Waals surface area contributed by atoms with Crippen molar-refractivity contribution in [1.82, 2.24) is 10.2 Å². The first-order chi connectivity index (χ1) is 9.99. The van der Waals surface area contributed by atoms with Crippen molar-refractivity contribution in [2.45, 2.75) is 31.5 Å². The van der Waals surface area contributed by atoms with Gasteiger partial charge in [0.2, 0.25) is 17.7 Å². The first-order valence-electron chi connectivity index (χ1n) is 6.98. The largest absolute Gasteiger partial charge is 0.481 e. The number of fused-ring (bicyclic) bond motifs is 5. The van der Waals surface area contributed by atoms with Gasteiger partial charge in [-0.15, -0.1) is 0 Å². The molecular weight excluding hydrogens is 280 g/mol. The van der Waals surface area contributed by atoms with Gasteiger partial charge in [0, 0.05) is 6.54 Å². The predicted molar refractivity (Wildman–Crippen MR) is 66.9 cm³/mol. The Morgan fingerprint density at radius 3 is 2.29 bits per heavy atom. The summed E-state index contributed by atoms with van der Waals surface area (Å²) in [6.45, 7) is -0.366. The molecule has 0 aromatic rings. The van der Waals surface area contributed by atoms with Crippen molar-refractivity contribution in [3.05, 3.63) is 0 Å². The summed E-state index contributed by atoms with van der Waals surface area (Å²) in [6, 6.07) is 0. The third-order valence-electron chi connectivity index (χ3n) is 4.34. The number of nitrogens with one attached hydrogen (secondary N) is 1. The number of carboxylic acid groups (broad SMARTS) is 1. The molecule has 21 heavy (non-hydrogen) atoms. The first kappa shape index (κ1) is 14.0. The fourth-order valence-electron chi connectivity index (χ4n) is 3.44. The van der Waals surface area contributed by atoms with Gasteiger partial charge in [-0.1, -0.05) is 0 Å². The topological polar surface area (TPSA) is 113 Å². The smallest absolute Gasteiger partial charge is 0.305 e. The van der Waals surface area contributed by atoms with Crippen molar-refractivity contribution in [3.8, 4) is 0 Å². The Bertz CT molecular complexity index is 491. The van der Waals surface area contributed by atoms with Crippen LogP contribution in [0.25, 0.3) is 0 Å². The standard InChI is InChI=1S/C13H16N2O6/c16-8(14-4-3-9(17)18)5-15-12(19)10-6-1-2-7(21-6)11(10)13(15)20/h6-7,10-11H,1-5H2,(H,14,16)(H,17,18). The molecule has 3 aliphatic rings. The number of carboxylic acids is 1. The predicted octanol–water partition coefficient (Wildman–Crippen LogP) is -1.26. The summed E-state index contributed by atoms with van der Waals surface area (Å²) in [5, 5.41) is 10.9. The van der Waals surface area contributed by atoms with E-state index in [2.05, 4.69) is 5.32 Å². The first-order valence-corrected chi connectivity index (χ1v) is 6.98. The molecule has 3 aliphatic heterocycles. The van der Waals surface area contributed by atoms with Gasteiger partial charge in [0.15, 0.2) is 0 Å². The average Bonchev–Trinajstić information content (AvgIpc) is 3.08. The zero-order valence-electron chi connectivity index (χ0n) is 11.3. The Kier molecular flexibility index (Phi) is 3.40. The van der Waals surface area contributed by atoms with Crippen LogP contribution < -0.4 is 5.32 Å². The van der Waals surface area contributed by atoms with E-state index in [1.54, 1.807) is 0 Å². The fourth-order valence-corrected chi connectivity index (χ4v) is 3.44. The molecule has 2 N–H and O–H groups in total. The van der Waals surface area contributed by atoms with Crippen LogP contribution in [0.4, 0.5) is 0 Å². The zero-order chi connectivity index (χ0) is 15.1. The molecule has 0 spiro atoms. The van der Waals surface area contributed by atoms with E-state index in [1.165, 1.54) is 0 Å². The van der Waals surface area contributed by atoms with Crippen molar-refractivity contribution in [3.63, 3.8) is 0 Å². The van der Waals surface area contributed by atoms with Crippen LogP contribution in [0.1, 0.15) is 19.3 Å². The van der Waals surface area contributed by atoms with E-state index in [0.29, 0.717) is 0 Å². The lowest BCUT2D eigenvalue weighted by molar-refractivity contribution is -0.146. The summed E-state index contributed by atoms with van der Waals surface area (Å²) in [5.41, 5.74) is 0. The van der Waals surface area contributed by atoms with Gasteiger partial charge in [0.1, 0.15) is 6.54 Å². The van der Waals surface area contributed by atoms with Gasteiger partial charge in [0.25, 0.3) is 0 Å². The molecule has 4 unspecified atom stereocenters. The molecule has 3 saturated heterocycles. The third-order valence-corrected chi connectivity index (χ3v) is 4.34. The molecule has 0 aromatic heterocycles. The molecule has 8 nitrogen and oxygen atoms in total. The minimum Gasteiger partial charge on any atom is -0.481 e. The van der Waals surface area contributed by atoms with Gasteiger partial charge in [-0.3, -0.25) is 24.1 Å². The maximum Gasteiger partial charge on any atom is 0.305 e. The zero-order valence-corrected chi connectivity index (χ0v) is 11.3. The quantitative estimate of drug-likeness (QED) is 0.612. The number of hydrogen-bond acceptors (Lipinski definition) is 5. The van der Waals surface area contributed by atoms with Crippen LogP contribution in [-0.4, -0.2) is 59.0 Å². The van der Waals surface area contributed by atoms with E-state index >= 15 is 0 Å². The van der Waals surface area contributed by atoms with Crippen LogP contribution in [0.15, 0.2) is 0 Å². The summed E-state index contributed by atoms with van der Waals surface area (Å²) in [6.07, 6.45) is 0.970. The third kappa shape index (κ3) is 2.29. The highest BCUT2D eigenvalue weighted by Crippen LogP contribution is 2.48. The van der Waals surface area contributed by atoms with E-state index in [0.717, 1.165) is 17.7 Å². The summed E-state index contributed by atoms with van der Waals surface area (Å²) in [4.78, 5) is 47.5. The maximum atomic E-state index is 12.3. The molecule has 3 amide bonds. The van der Waals surface area contributed by atoms with E-state index in [9.17, 15) is 19.2 Å². The molecule has 114 valence electrons. The van der Waals surface area contributed by atoms with Crippen molar-refractivity contribution in [2.24, 2.45) is 11.8 Å². The van der Waals surface area contributed by atoms with Gasteiger partial charge < -0.3 is 15.2 Å². The molecule has 3 rings (SSSR count). The molecule has 0 saturated carbocycles. The van der Waals surface area contributed by atoms with Gasteiger partial charge in [-0.2, -0.15) is 0 Å². The number of carbonyl (C=O) groups is 4. The normalized spacial score (nSPS) is 33.4. The van der Waals surface area contributed by atoms with Gasteiger partial charge in [0.05, 0.1) is 30.5 Å². The number of rotatable bonds is 5. The second kappa shape index (κ2) is 5.10. The Labute approximate surface area is 120 Å². The number of aliphatic carboxylic acids is 1. The maximum absolute atomic E-state index is 12.3. The minimum absolute atomic E-state index is 0.0222. The Morgan fingerprint density at radius 1 is 1.19 bits per heavy atom. The summed E-state index contributed by atoms with van der Waals surface area (Å²) in [5.74, 6) is -3.11. The average molecular weight is 296 g/mol. The monoisotopic (exact) mass is 296 g/mol. The second-order valence-corrected chi connectivity index (χ2v) is 5.60. The van der Waals surface area contributed by atoms with Crippen molar-refractivity contribution in [1.29, 1.82) is 0 Å². The molecule has 4 atom stereocenters. The van der Waals surface area contributed by atoms with E-state index in [1.807, 2.05) is 0 Å². The summed E-state index contributed by atoms with van der Waals surface area (Å²) >= 11 is 0. The van der Waals surface area contributed by atoms with Gasteiger partial charge in [-0.05, 0) is 12.8 Å². The summed E-state index contributed by atoms with van der Waals surface area (Å²) < 4.78 is 5.59. The number of carbonyl (C=O) groups excluding carboxylic acids is 3. The van der Waals surface area contributed by atoms with Crippen molar-refractivity contribution >= 4 is 23.7 Å². The SMILES string of the molecule is O=C(O)CCNC(=O)CN1C(=O)C2C3CCC(O3)C2C1=O. The lowest BCUT2D eigenvalue weighted by Crippen LogP contribution is -2.42. The van der Waals surface area contributed by atoms with Gasteiger partial charge in [-0.25, -0.2) is 0 Å². The molecule has 3 fully saturated rings. The van der Waals surface area contributed by atoms with Crippen LogP contribution in [-0.2, 0) is 23.9 Å². The lowest BCUT2D eigenvalue weighted by Gasteiger charge is -2.16. The van der Waals surface area contributed by atoms with Crippen molar-refractivity contribution < 1.29 is 29.0 Å². The minimum atomic E-state index is -1.02. The highest BCUT2D eigenvalue weighted by Gasteiger charge is 2.62. The van der Waals surface area contributed by atoms with Crippen LogP contribution in [0.2, 0.25) is 0 Å². The summed E-state index contributed by atoms with van der Waals surface area (Å²) in [7, 11) is 0. The van der Waals surface area contributed by atoms with Crippen LogP contribution in [0.3, 0.4) is 0 Å². The Balaban J connectivity index is 1.59. The van der Waals surface area contributed by atoms with Crippen LogP contribution in [0, 0.1) is 11.8 Å². The molecule has 0 aliphatic carbocycles. The highest BCUT2D eigenvalue weighted by atomic mass is 16.5. The van der Waals surface area contributed by atoms with E-state index in [4.69, 9.17) is 9.84 Å². The van der Waals surface area contributed by atoms with Gasteiger partial charge >= 0.3 is 5.97 Å². The number of hydrogen-bond donors (Lipinski definition) is 2. The fraction of sp³-hybridized carbons (Fsp3) is 0.692. The van der Waals surface area contributed by atoms with Crippen LogP contribution in [0.5, 0.6) is 0 Å². The second-order valence-electron chi connectivity index (χ2n) is 5.60. The molecule has 3 heterocycles. The number of amides is 3. The van der Waals surface area contributed by atoms with E-state index in [-0.39, 0.29) is 43.5 Å². The number of likely N-dealkylation sites (tertiary alicyclic amines) is 1. The molecule has 0 aromatic carbocycles. The Hall–Kier alpha value is -1.96.